The molecule has 0 amide bonds. The molecule has 1 N–H and O–H groups in total. The van der Waals surface area contributed by atoms with Gasteiger partial charge in [-0.15, -0.1) is 5.10 Å². The Labute approximate surface area is 213 Å². The largest absolute Gasteiger partial charge is 0.508 e. The van der Waals surface area contributed by atoms with Gasteiger partial charge in [0.25, 0.3) is 0 Å². The molecule has 7 nitrogen and oxygen atoms in total. The molecule has 7 heteroatoms. The molecule has 1 aromatic heterocycles. The lowest BCUT2D eigenvalue weighted by Crippen LogP contribution is -2.49. The molecular weight excluding hydrogens is 448 g/mol. The average molecular weight is 483 g/mol. The van der Waals surface area contributed by atoms with Crippen LogP contribution in [0.2, 0.25) is 0 Å². The van der Waals surface area contributed by atoms with E-state index in [1.54, 1.807) is 6.08 Å². The number of hydrogen-bond donors (Lipinski definition) is 1. The van der Waals surface area contributed by atoms with Crippen molar-refractivity contribution in [3.63, 3.8) is 0 Å². The van der Waals surface area contributed by atoms with E-state index in [-0.39, 0.29) is 12.0 Å². The number of benzene rings is 2. The minimum atomic E-state index is -0.0342. The lowest BCUT2D eigenvalue weighted by Gasteiger charge is -2.41. The number of aryl methyl sites for hydroxylation is 2. The maximum absolute atomic E-state index is 10.3. The van der Waals surface area contributed by atoms with Crippen molar-refractivity contribution >= 4 is 6.08 Å². The highest BCUT2D eigenvalue weighted by atomic mass is 16.3. The first-order valence-corrected chi connectivity index (χ1v) is 12.7. The Hall–Kier alpha value is -3.55. The van der Waals surface area contributed by atoms with Crippen molar-refractivity contribution in [1.82, 2.24) is 30.0 Å². The molecule has 3 aromatic rings. The zero-order valence-corrected chi connectivity index (χ0v) is 21.0. The van der Waals surface area contributed by atoms with Gasteiger partial charge in [0.15, 0.2) is 5.82 Å². The molecular formula is C29H34N6O. The summed E-state index contributed by atoms with van der Waals surface area (Å²) < 4.78 is 1.91. The van der Waals surface area contributed by atoms with Gasteiger partial charge in [-0.25, -0.2) is 0 Å². The Morgan fingerprint density at radius 1 is 1.00 bits per heavy atom. The number of hydrogen-bond acceptors (Lipinski definition) is 6. The van der Waals surface area contributed by atoms with Gasteiger partial charge in [0.05, 0.1) is 11.7 Å². The standard InChI is InChI=1S/C29H34N6O/c1-22-9-6-10-23(2)27(22)35-29(30-31-32-35)28(25-14-7-15-26(36)21-25)34-19-17-33(18-20-34)16-8-13-24-11-4-3-5-12-24/h3-13,15,21,25,28,36H,14,16-20H2,1-2H3/b13-8+/t25?,28-/m0/s1. The van der Waals surface area contributed by atoms with E-state index in [0.29, 0.717) is 5.76 Å². The van der Waals surface area contributed by atoms with E-state index in [2.05, 4.69) is 93.8 Å². The lowest BCUT2D eigenvalue weighted by molar-refractivity contribution is 0.0777. The number of nitrogens with zero attached hydrogens (tertiary/aromatic N) is 6. The average Bonchev–Trinajstić information content (AvgIpc) is 3.34. The van der Waals surface area contributed by atoms with Crippen molar-refractivity contribution in [2.45, 2.75) is 26.3 Å². The first-order valence-electron chi connectivity index (χ1n) is 12.7. The molecule has 186 valence electrons. The fourth-order valence-electron chi connectivity index (χ4n) is 5.34. The van der Waals surface area contributed by atoms with Crippen LogP contribution in [-0.4, -0.2) is 67.8 Å². The minimum absolute atomic E-state index is 0.0342. The Balaban J connectivity index is 1.37. The van der Waals surface area contributed by atoms with Crippen LogP contribution < -0.4 is 0 Å². The van der Waals surface area contributed by atoms with Gasteiger partial charge in [-0.2, -0.15) is 4.68 Å². The smallest absolute Gasteiger partial charge is 0.174 e. The second-order valence-electron chi connectivity index (χ2n) is 9.68. The maximum atomic E-state index is 10.3. The van der Waals surface area contributed by atoms with E-state index in [4.69, 9.17) is 0 Å². The molecule has 2 atom stereocenters. The summed E-state index contributed by atoms with van der Waals surface area (Å²) in [6, 6.07) is 16.7. The highest BCUT2D eigenvalue weighted by Gasteiger charge is 2.35. The van der Waals surface area contributed by atoms with Crippen LogP contribution in [0.4, 0.5) is 0 Å². The van der Waals surface area contributed by atoms with Crippen LogP contribution in [0.25, 0.3) is 11.8 Å². The number of piperazine rings is 1. The van der Waals surface area contributed by atoms with Gasteiger partial charge in [0.1, 0.15) is 5.76 Å². The van der Waals surface area contributed by atoms with E-state index in [1.165, 1.54) is 5.56 Å². The zero-order valence-electron chi connectivity index (χ0n) is 21.0. The minimum Gasteiger partial charge on any atom is -0.508 e. The fourth-order valence-corrected chi connectivity index (χ4v) is 5.34. The topological polar surface area (TPSA) is 70.3 Å². The van der Waals surface area contributed by atoms with Crippen LogP contribution >= 0.6 is 0 Å². The summed E-state index contributed by atoms with van der Waals surface area (Å²) in [6.45, 7) is 8.90. The maximum Gasteiger partial charge on any atom is 0.174 e. The normalized spacial score (nSPS) is 20.1. The Morgan fingerprint density at radius 2 is 1.75 bits per heavy atom. The molecule has 0 bridgehead atoms. The molecule has 36 heavy (non-hydrogen) atoms. The first-order chi connectivity index (χ1) is 17.6. The second kappa shape index (κ2) is 11.0. The molecule has 0 saturated carbocycles. The molecule has 1 saturated heterocycles. The number of aliphatic hydroxyl groups is 1. The molecule has 0 spiro atoms. The number of rotatable bonds is 7. The number of aliphatic hydroxyl groups excluding tert-OH is 1. The van der Waals surface area contributed by atoms with Gasteiger partial charge in [-0.05, 0) is 59.5 Å². The molecule has 1 aliphatic carbocycles. The molecule has 2 aliphatic rings. The summed E-state index contributed by atoms with van der Waals surface area (Å²) >= 11 is 0. The zero-order chi connectivity index (χ0) is 24.9. The van der Waals surface area contributed by atoms with Gasteiger partial charge in [-0.1, -0.05) is 66.8 Å². The van der Waals surface area contributed by atoms with Crippen LogP contribution in [0.15, 0.2) is 78.6 Å². The van der Waals surface area contributed by atoms with Crippen molar-refractivity contribution in [2.24, 2.45) is 5.92 Å². The van der Waals surface area contributed by atoms with Crippen molar-refractivity contribution < 1.29 is 5.11 Å². The predicted molar refractivity (Wildman–Crippen MR) is 143 cm³/mol. The van der Waals surface area contributed by atoms with E-state index in [0.717, 1.165) is 61.8 Å². The molecule has 0 radical (unpaired) electrons. The van der Waals surface area contributed by atoms with Crippen LogP contribution in [0, 0.1) is 19.8 Å². The fraction of sp³-hybridized carbons (Fsp3) is 0.345. The first kappa shape index (κ1) is 24.2. The van der Waals surface area contributed by atoms with E-state index >= 15 is 0 Å². The van der Waals surface area contributed by atoms with Crippen molar-refractivity contribution in [3.05, 3.63) is 101 Å². The van der Waals surface area contributed by atoms with Gasteiger partial charge >= 0.3 is 0 Å². The van der Waals surface area contributed by atoms with Gasteiger partial charge < -0.3 is 5.11 Å². The van der Waals surface area contributed by atoms with Gasteiger partial charge in [0, 0.05) is 38.6 Å². The Kier molecular flexibility index (Phi) is 7.39. The summed E-state index contributed by atoms with van der Waals surface area (Å²) in [5.41, 5.74) is 4.54. The number of allylic oxidation sites excluding steroid dienone is 2. The summed E-state index contributed by atoms with van der Waals surface area (Å²) in [5, 5.41) is 23.4. The molecule has 1 fully saturated rings. The Morgan fingerprint density at radius 3 is 2.47 bits per heavy atom. The molecule has 2 aromatic carbocycles. The summed E-state index contributed by atoms with van der Waals surface area (Å²) in [5.74, 6) is 1.23. The van der Waals surface area contributed by atoms with E-state index < -0.39 is 0 Å². The SMILES string of the molecule is Cc1cccc(C)c1-n1nnnc1[C@H](C1C=C(O)C=CC1)N1CCN(C/C=C/c2ccccc2)CC1. The van der Waals surface area contributed by atoms with Crippen LogP contribution in [0.5, 0.6) is 0 Å². The number of aromatic nitrogens is 4. The molecule has 1 unspecified atom stereocenters. The summed E-state index contributed by atoms with van der Waals surface area (Å²) in [6.07, 6.45) is 11.1. The van der Waals surface area contributed by atoms with Crippen molar-refractivity contribution in [2.75, 3.05) is 32.7 Å². The molecule has 5 rings (SSSR count). The summed E-state index contributed by atoms with van der Waals surface area (Å²) in [4.78, 5) is 4.97. The van der Waals surface area contributed by atoms with Crippen molar-refractivity contribution in [3.8, 4) is 5.69 Å². The Bertz CT molecular complexity index is 1230. The van der Waals surface area contributed by atoms with E-state index in [9.17, 15) is 5.11 Å². The summed E-state index contributed by atoms with van der Waals surface area (Å²) in [7, 11) is 0. The van der Waals surface area contributed by atoms with Crippen molar-refractivity contribution in [1.29, 1.82) is 0 Å². The quantitative estimate of drug-likeness (QED) is 0.528. The van der Waals surface area contributed by atoms with Crippen LogP contribution in [0.1, 0.15) is 35.0 Å². The third kappa shape index (κ3) is 5.32. The third-order valence-electron chi connectivity index (χ3n) is 7.17. The highest BCUT2D eigenvalue weighted by Crippen LogP contribution is 2.35. The monoisotopic (exact) mass is 482 g/mol. The lowest BCUT2D eigenvalue weighted by atomic mass is 9.89. The highest BCUT2D eigenvalue weighted by molar-refractivity contribution is 5.49. The van der Waals surface area contributed by atoms with Gasteiger partial charge in [-0.3, -0.25) is 9.80 Å². The predicted octanol–water partition coefficient (Wildman–Crippen LogP) is 4.67. The second-order valence-corrected chi connectivity index (χ2v) is 9.68. The number of tetrazole rings is 1. The molecule has 2 heterocycles. The van der Waals surface area contributed by atoms with E-state index in [1.807, 2.05) is 22.9 Å². The van der Waals surface area contributed by atoms with Crippen LogP contribution in [0.3, 0.4) is 0 Å². The third-order valence-corrected chi connectivity index (χ3v) is 7.17. The van der Waals surface area contributed by atoms with Gasteiger partial charge in [0.2, 0.25) is 0 Å². The number of para-hydroxylation sites is 1. The molecule has 1 aliphatic heterocycles. The van der Waals surface area contributed by atoms with Crippen LogP contribution in [-0.2, 0) is 0 Å².